The van der Waals surface area contributed by atoms with Gasteiger partial charge in [0.15, 0.2) is 9.84 Å². The van der Waals surface area contributed by atoms with E-state index in [1.165, 1.54) is 18.3 Å². The first-order valence-corrected chi connectivity index (χ1v) is 13.8. The van der Waals surface area contributed by atoms with E-state index in [-0.39, 0.29) is 34.5 Å². The minimum atomic E-state index is -3.14. The third kappa shape index (κ3) is 5.30. The van der Waals surface area contributed by atoms with Gasteiger partial charge in [0, 0.05) is 18.4 Å². The summed E-state index contributed by atoms with van der Waals surface area (Å²) >= 11 is 0. The zero-order chi connectivity index (χ0) is 26.6. The summed E-state index contributed by atoms with van der Waals surface area (Å²) in [7, 11) is -3.14. The number of ether oxygens (including phenoxy) is 2. The van der Waals surface area contributed by atoms with Crippen molar-refractivity contribution in [2.45, 2.75) is 57.4 Å². The highest BCUT2D eigenvalue weighted by Crippen LogP contribution is 2.37. The molecule has 2 fully saturated rings. The smallest absolute Gasteiger partial charge is 0.387 e. The summed E-state index contributed by atoms with van der Waals surface area (Å²) in [6, 6.07) is 7.89. The molecule has 0 spiro atoms. The molecule has 198 valence electrons. The monoisotopic (exact) mass is 534 g/mol. The molecular weight excluding hydrogens is 506 g/mol. The second kappa shape index (κ2) is 9.02. The number of nitrogens with zero attached hydrogens (tertiary/aromatic N) is 3. The molecule has 2 saturated heterocycles. The number of carbonyl (C=O) groups is 1. The maximum absolute atomic E-state index is 13.0. The number of hydrogen-bond donors (Lipinski definition) is 1. The lowest BCUT2D eigenvalue weighted by molar-refractivity contribution is -0.0701. The average molecular weight is 535 g/mol. The van der Waals surface area contributed by atoms with Crippen LogP contribution in [-0.4, -0.2) is 65.0 Å². The van der Waals surface area contributed by atoms with Crippen molar-refractivity contribution in [1.82, 2.24) is 20.1 Å². The van der Waals surface area contributed by atoms with E-state index in [0.717, 1.165) is 0 Å². The lowest BCUT2D eigenvalue weighted by atomic mass is 9.94. The van der Waals surface area contributed by atoms with Gasteiger partial charge in [0.05, 0.1) is 39.8 Å². The van der Waals surface area contributed by atoms with E-state index < -0.39 is 27.9 Å². The molecule has 1 aromatic carbocycles. The predicted octanol–water partition coefficient (Wildman–Crippen LogP) is 3.75. The maximum Gasteiger partial charge on any atom is 0.387 e. The second-order valence-electron chi connectivity index (χ2n) is 10.6. The second-order valence-corrected chi connectivity index (χ2v) is 12.7. The fourth-order valence-electron chi connectivity index (χ4n) is 5.19. The zero-order valence-corrected chi connectivity index (χ0v) is 21.5. The number of fused-ring (bicyclic) bond motifs is 1. The number of sulfone groups is 1. The van der Waals surface area contributed by atoms with Gasteiger partial charge in [-0.15, -0.1) is 0 Å². The van der Waals surface area contributed by atoms with E-state index in [2.05, 4.69) is 15.0 Å². The van der Waals surface area contributed by atoms with Gasteiger partial charge in [-0.05, 0) is 51.8 Å². The number of amides is 1. The van der Waals surface area contributed by atoms with Gasteiger partial charge in [-0.25, -0.2) is 8.42 Å². The van der Waals surface area contributed by atoms with E-state index in [1.54, 1.807) is 25.1 Å². The van der Waals surface area contributed by atoms with Gasteiger partial charge in [-0.2, -0.15) is 13.9 Å². The number of pyridine rings is 1. The summed E-state index contributed by atoms with van der Waals surface area (Å²) < 4.78 is 61.2. The Morgan fingerprint density at radius 3 is 2.68 bits per heavy atom. The third-order valence-electron chi connectivity index (χ3n) is 6.65. The van der Waals surface area contributed by atoms with Crippen LogP contribution in [0.25, 0.3) is 22.3 Å². The molecule has 2 aromatic heterocycles. The van der Waals surface area contributed by atoms with Crippen molar-refractivity contribution in [2.75, 3.05) is 18.1 Å². The van der Waals surface area contributed by atoms with Gasteiger partial charge < -0.3 is 14.8 Å². The summed E-state index contributed by atoms with van der Waals surface area (Å²) in [5.74, 6) is -0.655. The van der Waals surface area contributed by atoms with Gasteiger partial charge in [-0.1, -0.05) is 12.1 Å². The van der Waals surface area contributed by atoms with Crippen molar-refractivity contribution in [3.8, 4) is 17.0 Å². The van der Waals surface area contributed by atoms with Crippen molar-refractivity contribution in [1.29, 1.82) is 0 Å². The molecule has 1 N–H and O–H groups in total. The number of hydrogen-bond acceptors (Lipinski definition) is 7. The molecule has 3 aromatic rings. The zero-order valence-electron chi connectivity index (χ0n) is 20.7. The maximum atomic E-state index is 13.0. The first-order chi connectivity index (χ1) is 17.3. The Kier molecular flexibility index (Phi) is 6.22. The molecule has 37 heavy (non-hydrogen) atoms. The summed E-state index contributed by atoms with van der Waals surface area (Å²) in [6.07, 6.45) is 2.78. The molecule has 1 amide bonds. The fraction of sp³-hybridized carbons (Fsp3) is 0.480. The van der Waals surface area contributed by atoms with Crippen LogP contribution in [0.3, 0.4) is 0 Å². The molecule has 5 rings (SSSR count). The van der Waals surface area contributed by atoms with E-state index in [4.69, 9.17) is 9.84 Å². The number of nitrogens with one attached hydrogen (secondary N) is 1. The summed E-state index contributed by atoms with van der Waals surface area (Å²) in [4.78, 5) is 17.6. The first kappa shape index (κ1) is 25.5. The van der Waals surface area contributed by atoms with Crippen molar-refractivity contribution in [2.24, 2.45) is 0 Å². The van der Waals surface area contributed by atoms with Gasteiger partial charge >= 0.3 is 6.61 Å². The molecule has 1 atom stereocenters. The first-order valence-electron chi connectivity index (χ1n) is 11.9. The standard InChI is InChI=1S/C25H28F2N4O5S/c1-24(2)11-17(7-8-35-24)31-19-10-16(22(32)29-25(3)13-37(33,34)14-25)12-28-21(19)20(30-31)15-5-4-6-18(9-15)36-23(26)27/h4-6,9-10,12,17,23H,7-8,11,13-14H2,1-3H3,(H,29,32)/t17-/m1/s1. The minimum Gasteiger partial charge on any atom is -0.435 e. The lowest BCUT2D eigenvalue weighted by Crippen LogP contribution is -2.63. The van der Waals surface area contributed by atoms with Crippen LogP contribution in [0.2, 0.25) is 0 Å². The average Bonchev–Trinajstić information content (AvgIpc) is 3.15. The third-order valence-corrected chi connectivity index (χ3v) is 8.80. The molecule has 9 nitrogen and oxygen atoms in total. The largest absolute Gasteiger partial charge is 0.435 e. The van der Waals surface area contributed by atoms with Crippen LogP contribution in [0, 0.1) is 0 Å². The molecule has 0 aliphatic carbocycles. The molecular formula is C25H28F2N4O5S. The Labute approximate surface area is 213 Å². The molecule has 4 heterocycles. The van der Waals surface area contributed by atoms with Crippen LogP contribution in [-0.2, 0) is 14.6 Å². The normalized spacial score (nSPS) is 21.9. The van der Waals surface area contributed by atoms with E-state index in [0.29, 0.717) is 41.7 Å². The molecule has 2 aliphatic heterocycles. The topological polar surface area (TPSA) is 112 Å². The summed E-state index contributed by atoms with van der Waals surface area (Å²) in [5.41, 5.74) is 1.20. The number of rotatable bonds is 6. The van der Waals surface area contributed by atoms with E-state index in [1.807, 2.05) is 18.5 Å². The Bertz CT molecular complexity index is 1460. The van der Waals surface area contributed by atoms with Gasteiger partial charge in [0.2, 0.25) is 0 Å². The van der Waals surface area contributed by atoms with Crippen LogP contribution < -0.4 is 10.1 Å². The Balaban J connectivity index is 1.56. The molecule has 12 heteroatoms. The highest BCUT2D eigenvalue weighted by atomic mass is 32.2. The van der Waals surface area contributed by atoms with Crippen molar-refractivity contribution >= 4 is 26.8 Å². The molecule has 2 aliphatic rings. The fourth-order valence-corrected chi connectivity index (χ4v) is 7.19. The van der Waals surface area contributed by atoms with Crippen LogP contribution in [0.5, 0.6) is 5.75 Å². The molecule has 0 radical (unpaired) electrons. The Morgan fingerprint density at radius 1 is 1.24 bits per heavy atom. The highest BCUT2D eigenvalue weighted by Gasteiger charge is 2.46. The number of benzene rings is 1. The molecule has 0 unspecified atom stereocenters. The van der Waals surface area contributed by atoms with Crippen molar-refractivity contribution in [3.05, 3.63) is 42.1 Å². The number of carbonyl (C=O) groups excluding carboxylic acids is 1. The van der Waals surface area contributed by atoms with Gasteiger partial charge in [0.25, 0.3) is 5.91 Å². The minimum absolute atomic E-state index is 0.00194. The van der Waals surface area contributed by atoms with Crippen LogP contribution in [0.15, 0.2) is 36.5 Å². The van der Waals surface area contributed by atoms with Crippen LogP contribution in [0.1, 0.15) is 50.0 Å². The van der Waals surface area contributed by atoms with Crippen LogP contribution in [0.4, 0.5) is 8.78 Å². The SMILES string of the molecule is CC1(NC(=O)c2cnc3c(-c4cccc(OC(F)F)c4)nn([C@@H]4CCOC(C)(C)C4)c3c2)CS(=O)(=O)C1. The number of aromatic nitrogens is 3. The quantitative estimate of drug-likeness (QED) is 0.513. The molecule has 0 saturated carbocycles. The Morgan fingerprint density at radius 2 is 2.00 bits per heavy atom. The van der Waals surface area contributed by atoms with Crippen molar-refractivity contribution < 1.29 is 31.5 Å². The van der Waals surface area contributed by atoms with Crippen molar-refractivity contribution in [3.63, 3.8) is 0 Å². The molecule has 0 bridgehead atoms. The van der Waals surface area contributed by atoms with E-state index in [9.17, 15) is 22.0 Å². The highest BCUT2D eigenvalue weighted by molar-refractivity contribution is 7.93. The summed E-state index contributed by atoms with van der Waals surface area (Å²) in [5, 5.41) is 7.65. The van der Waals surface area contributed by atoms with Gasteiger partial charge in [0.1, 0.15) is 17.0 Å². The van der Waals surface area contributed by atoms with E-state index >= 15 is 0 Å². The number of halogens is 2. The predicted molar refractivity (Wildman–Crippen MR) is 132 cm³/mol. The lowest BCUT2D eigenvalue weighted by Gasteiger charge is -2.38. The number of alkyl halides is 2. The van der Waals surface area contributed by atoms with Gasteiger partial charge in [-0.3, -0.25) is 14.5 Å². The Hall–Kier alpha value is -3.12. The summed E-state index contributed by atoms with van der Waals surface area (Å²) in [6.45, 7) is 3.27. The van der Waals surface area contributed by atoms with Crippen LogP contribution >= 0.6 is 0 Å².